The molecule has 0 bridgehead atoms. The molecule has 0 aromatic heterocycles. The molecule has 0 aliphatic heterocycles. The van der Waals surface area contributed by atoms with Crippen LogP contribution in [0.3, 0.4) is 0 Å². The van der Waals surface area contributed by atoms with E-state index in [1.807, 2.05) is 24.3 Å². The largest absolute Gasteiger partial charge is 0.0843 e. The van der Waals surface area contributed by atoms with Gasteiger partial charge in [0.1, 0.15) is 0 Å². The zero-order chi connectivity index (χ0) is 21.0. The van der Waals surface area contributed by atoms with Crippen LogP contribution in [-0.4, -0.2) is 0 Å². The Morgan fingerprint density at radius 3 is 1.23 bits per heavy atom. The van der Waals surface area contributed by atoms with Gasteiger partial charge in [-0.25, -0.2) is 0 Å². The molecule has 0 aliphatic carbocycles. The molecule has 0 fully saturated rings. The van der Waals surface area contributed by atoms with Crippen molar-refractivity contribution < 1.29 is 0 Å². The number of hydrogen-bond donors (Lipinski definition) is 0. The zero-order valence-electron chi connectivity index (χ0n) is 17.0. The van der Waals surface area contributed by atoms with Crippen LogP contribution in [-0.2, 0) is 0 Å². The van der Waals surface area contributed by atoms with Crippen molar-refractivity contribution in [1.29, 1.82) is 0 Å². The summed E-state index contributed by atoms with van der Waals surface area (Å²) in [5.41, 5.74) is 9.39. The third-order valence-electron chi connectivity index (χ3n) is 5.53. The molecule has 0 spiro atoms. The molecule has 0 saturated heterocycles. The second-order valence-corrected chi connectivity index (χ2v) is 8.06. The second kappa shape index (κ2) is 8.63. The van der Waals surface area contributed by atoms with Gasteiger partial charge >= 0.3 is 0 Å². The molecule has 148 valence electrons. The Bertz CT molecular complexity index is 1300. The monoisotopic (exact) mass is 416 g/mol. The summed E-state index contributed by atoms with van der Waals surface area (Å²) in [5.74, 6) is 0. The number of halogens is 1. The highest BCUT2D eigenvalue weighted by molar-refractivity contribution is 6.31. The molecule has 0 unspecified atom stereocenters. The molecule has 0 aliphatic rings. The van der Waals surface area contributed by atoms with E-state index < -0.39 is 0 Å². The predicted octanol–water partition coefficient (Wildman–Crippen LogP) is 9.01. The van der Waals surface area contributed by atoms with Crippen molar-refractivity contribution in [3.8, 4) is 44.5 Å². The first kappa shape index (κ1) is 19.4. The van der Waals surface area contributed by atoms with Crippen LogP contribution in [0.5, 0.6) is 0 Å². The zero-order valence-corrected chi connectivity index (χ0v) is 17.8. The highest BCUT2D eigenvalue weighted by Crippen LogP contribution is 2.33. The van der Waals surface area contributed by atoms with E-state index in [-0.39, 0.29) is 0 Å². The molecule has 0 N–H and O–H groups in total. The summed E-state index contributed by atoms with van der Waals surface area (Å²) in [4.78, 5) is 0. The van der Waals surface area contributed by atoms with Crippen molar-refractivity contribution in [1.82, 2.24) is 0 Å². The molecule has 0 heterocycles. The third kappa shape index (κ3) is 4.30. The molecule has 0 nitrogen and oxygen atoms in total. The minimum atomic E-state index is 0.741. The Morgan fingerprint density at radius 2 is 0.645 bits per heavy atom. The van der Waals surface area contributed by atoms with Crippen LogP contribution in [0, 0.1) is 0 Å². The van der Waals surface area contributed by atoms with Crippen molar-refractivity contribution in [2.24, 2.45) is 0 Å². The first-order chi connectivity index (χ1) is 15.3. The lowest BCUT2D eigenvalue weighted by Gasteiger charge is -2.10. The smallest absolute Gasteiger partial charge is 0.0418 e. The molecule has 5 rings (SSSR count). The molecule has 5 aromatic carbocycles. The number of rotatable bonds is 4. The maximum Gasteiger partial charge on any atom is 0.0418 e. The van der Waals surface area contributed by atoms with Gasteiger partial charge in [-0.15, -0.1) is 0 Å². The van der Waals surface area contributed by atoms with Crippen molar-refractivity contribution in [3.05, 3.63) is 132 Å². The topological polar surface area (TPSA) is 0 Å². The second-order valence-electron chi connectivity index (χ2n) is 7.62. The van der Waals surface area contributed by atoms with Crippen LogP contribution in [0.15, 0.2) is 127 Å². The fourth-order valence-corrected chi connectivity index (χ4v) is 4.15. The van der Waals surface area contributed by atoms with Crippen LogP contribution in [0.2, 0.25) is 5.02 Å². The van der Waals surface area contributed by atoms with Gasteiger partial charge in [-0.1, -0.05) is 115 Å². The van der Waals surface area contributed by atoms with Crippen molar-refractivity contribution in [2.45, 2.75) is 0 Å². The van der Waals surface area contributed by atoms with E-state index in [9.17, 15) is 0 Å². The SMILES string of the molecule is Clc1cc(-c2ccc(-c3ccccc3)cc2)cc(-c2cccc(-c3ccccc3)c2)c1. The van der Waals surface area contributed by atoms with E-state index in [1.54, 1.807) is 0 Å². The van der Waals surface area contributed by atoms with Crippen LogP contribution >= 0.6 is 11.6 Å². The lowest BCUT2D eigenvalue weighted by Crippen LogP contribution is -1.85. The van der Waals surface area contributed by atoms with Gasteiger partial charge in [-0.3, -0.25) is 0 Å². The van der Waals surface area contributed by atoms with Crippen LogP contribution < -0.4 is 0 Å². The fourth-order valence-electron chi connectivity index (χ4n) is 3.92. The highest BCUT2D eigenvalue weighted by atomic mass is 35.5. The van der Waals surface area contributed by atoms with E-state index >= 15 is 0 Å². The summed E-state index contributed by atoms with van der Waals surface area (Å²) < 4.78 is 0. The van der Waals surface area contributed by atoms with Gasteiger partial charge in [0.2, 0.25) is 0 Å². The molecule has 0 radical (unpaired) electrons. The van der Waals surface area contributed by atoms with E-state index in [0.29, 0.717) is 0 Å². The average molecular weight is 417 g/mol. The summed E-state index contributed by atoms with van der Waals surface area (Å²) in [5, 5.41) is 0.741. The Morgan fingerprint density at radius 1 is 0.290 bits per heavy atom. The van der Waals surface area contributed by atoms with Crippen LogP contribution in [0.1, 0.15) is 0 Å². The van der Waals surface area contributed by atoms with E-state index in [0.717, 1.165) is 27.3 Å². The van der Waals surface area contributed by atoms with Gasteiger partial charge in [0.15, 0.2) is 0 Å². The summed E-state index contributed by atoms with van der Waals surface area (Å²) >= 11 is 6.53. The van der Waals surface area contributed by atoms with E-state index in [2.05, 4.69) is 103 Å². The van der Waals surface area contributed by atoms with Gasteiger partial charge in [-0.05, 0) is 68.8 Å². The normalized spacial score (nSPS) is 10.7. The Kier molecular flexibility index (Phi) is 5.39. The standard InChI is InChI=1S/C30H21Cl/c31-30-20-28(25-16-14-24(15-17-25)22-8-3-1-4-9-22)19-29(21-30)27-13-7-12-26(18-27)23-10-5-2-6-11-23/h1-21H. The molecular formula is C30H21Cl. The highest BCUT2D eigenvalue weighted by Gasteiger charge is 2.07. The summed E-state index contributed by atoms with van der Waals surface area (Å²) in [6.45, 7) is 0. The van der Waals surface area contributed by atoms with Gasteiger partial charge in [0.25, 0.3) is 0 Å². The molecule has 0 amide bonds. The fraction of sp³-hybridized carbons (Fsp3) is 0. The van der Waals surface area contributed by atoms with Crippen molar-refractivity contribution in [3.63, 3.8) is 0 Å². The molecule has 5 aromatic rings. The maximum absolute atomic E-state index is 6.53. The minimum absolute atomic E-state index is 0.741. The average Bonchev–Trinajstić information content (AvgIpc) is 2.85. The minimum Gasteiger partial charge on any atom is -0.0843 e. The predicted molar refractivity (Wildman–Crippen MR) is 133 cm³/mol. The Labute approximate surface area is 188 Å². The molecule has 0 atom stereocenters. The molecular weight excluding hydrogens is 396 g/mol. The number of hydrogen-bond acceptors (Lipinski definition) is 0. The van der Waals surface area contributed by atoms with Gasteiger partial charge in [0, 0.05) is 5.02 Å². The summed E-state index contributed by atoms with van der Waals surface area (Å²) in [6, 6.07) is 44.4. The van der Waals surface area contributed by atoms with Crippen molar-refractivity contribution >= 4 is 11.6 Å². The number of benzene rings is 5. The molecule has 0 saturated carbocycles. The Balaban J connectivity index is 1.50. The maximum atomic E-state index is 6.53. The third-order valence-corrected chi connectivity index (χ3v) is 5.74. The van der Waals surface area contributed by atoms with Crippen LogP contribution in [0.25, 0.3) is 44.5 Å². The van der Waals surface area contributed by atoms with Crippen LogP contribution in [0.4, 0.5) is 0 Å². The lowest BCUT2D eigenvalue weighted by atomic mass is 9.95. The first-order valence-corrected chi connectivity index (χ1v) is 10.8. The van der Waals surface area contributed by atoms with Gasteiger partial charge in [-0.2, -0.15) is 0 Å². The Hall–Kier alpha value is -3.61. The first-order valence-electron chi connectivity index (χ1n) is 10.4. The molecule has 31 heavy (non-hydrogen) atoms. The van der Waals surface area contributed by atoms with Crippen molar-refractivity contribution in [2.75, 3.05) is 0 Å². The summed E-state index contributed by atoms with van der Waals surface area (Å²) in [6.07, 6.45) is 0. The summed E-state index contributed by atoms with van der Waals surface area (Å²) in [7, 11) is 0. The van der Waals surface area contributed by atoms with Gasteiger partial charge < -0.3 is 0 Å². The van der Waals surface area contributed by atoms with E-state index in [1.165, 1.54) is 22.3 Å². The quantitative estimate of drug-likeness (QED) is 0.274. The lowest BCUT2D eigenvalue weighted by molar-refractivity contribution is 1.56. The van der Waals surface area contributed by atoms with Gasteiger partial charge in [0.05, 0.1) is 0 Å². The molecule has 1 heteroatoms. The van der Waals surface area contributed by atoms with E-state index in [4.69, 9.17) is 11.6 Å².